The lowest BCUT2D eigenvalue weighted by molar-refractivity contribution is 0.0735. The van der Waals surface area contributed by atoms with E-state index in [4.69, 9.17) is 4.74 Å². The monoisotopic (exact) mass is 394 g/mol. The Morgan fingerprint density at radius 3 is 2.48 bits per heavy atom. The van der Waals surface area contributed by atoms with Crippen molar-refractivity contribution in [3.63, 3.8) is 0 Å². The predicted molar refractivity (Wildman–Crippen MR) is 105 cm³/mol. The zero-order chi connectivity index (χ0) is 19.6. The number of carbonyl (C=O) groups is 1. The van der Waals surface area contributed by atoms with E-state index < -0.39 is 10.0 Å². The van der Waals surface area contributed by atoms with Crippen LogP contribution in [-0.2, 0) is 10.0 Å². The summed E-state index contributed by atoms with van der Waals surface area (Å²) in [4.78, 5) is 15.1. The van der Waals surface area contributed by atoms with Gasteiger partial charge in [-0.1, -0.05) is 13.8 Å². The third-order valence-electron chi connectivity index (χ3n) is 5.29. The molecule has 1 aromatic rings. The van der Waals surface area contributed by atoms with Gasteiger partial charge in [-0.15, -0.1) is 0 Å². The second-order valence-electron chi connectivity index (χ2n) is 7.89. The number of amides is 1. The molecule has 0 atom stereocenters. The van der Waals surface area contributed by atoms with Gasteiger partial charge in [0.05, 0.1) is 7.11 Å². The van der Waals surface area contributed by atoms with Gasteiger partial charge >= 0.3 is 0 Å². The predicted octanol–water partition coefficient (Wildman–Crippen LogP) is 3.13. The third-order valence-corrected chi connectivity index (χ3v) is 7.21. The SMILES string of the molecule is COc1ccc(C(=O)N(CCC(C)C)C2CC2)cc1S(=O)(=O)N1CCCC1. The van der Waals surface area contributed by atoms with Gasteiger partial charge in [-0.05, 0) is 56.2 Å². The number of ether oxygens (including phenoxy) is 1. The Morgan fingerprint density at radius 1 is 1.26 bits per heavy atom. The molecule has 0 unspecified atom stereocenters. The highest BCUT2D eigenvalue weighted by molar-refractivity contribution is 7.89. The van der Waals surface area contributed by atoms with Gasteiger partial charge in [0.15, 0.2) is 0 Å². The second kappa shape index (κ2) is 8.19. The van der Waals surface area contributed by atoms with Crippen LogP contribution in [0.3, 0.4) is 0 Å². The first kappa shape index (κ1) is 20.1. The average molecular weight is 395 g/mol. The highest BCUT2D eigenvalue weighted by Gasteiger charge is 2.35. The van der Waals surface area contributed by atoms with E-state index in [2.05, 4.69) is 13.8 Å². The van der Waals surface area contributed by atoms with Gasteiger partial charge in [0.2, 0.25) is 10.0 Å². The molecule has 0 aromatic heterocycles. The largest absolute Gasteiger partial charge is 0.495 e. The molecule has 3 rings (SSSR count). The number of rotatable bonds is 8. The molecule has 2 aliphatic rings. The topological polar surface area (TPSA) is 66.9 Å². The molecule has 150 valence electrons. The number of nitrogens with zero attached hydrogens (tertiary/aromatic N) is 2. The van der Waals surface area contributed by atoms with Gasteiger partial charge in [-0.2, -0.15) is 4.31 Å². The van der Waals surface area contributed by atoms with Crippen molar-refractivity contribution in [2.45, 2.75) is 56.9 Å². The van der Waals surface area contributed by atoms with Crippen LogP contribution in [0.15, 0.2) is 23.1 Å². The van der Waals surface area contributed by atoms with Crippen LogP contribution in [0.1, 0.15) is 56.3 Å². The first-order valence-electron chi connectivity index (χ1n) is 9.83. The Bertz CT molecular complexity index is 781. The van der Waals surface area contributed by atoms with Crippen molar-refractivity contribution >= 4 is 15.9 Å². The smallest absolute Gasteiger partial charge is 0.254 e. The molecular formula is C20H30N2O4S. The molecule has 6 nitrogen and oxygen atoms in total. The van der Waals surface area contributed by atoms with Gasteiger partial charge in [0, 0.05) is 31.2 Å². The molecule has 7 heteroatoms. The molecule has 27 heavy (non-hydrogen) atoms. The Labute approximate surface area is 162 Å². The minimum atomic E-state index is -3.66. The molecule has 0 N–H and O–H groups in total. The number of hydrogen-bond donors (Lipinski definition) is 0. The lowest BCUT2D eigenvalue weighted by Crippen LogP contribution is -2.35. The van der Waals surface area contributed by atoms with E-state index in [1.54, 1.807) is 12.1 Å². The van der Waals surface area contributed by atoms with Gasteiger partial charge in [-0.25, -0.2) is 8.42 Å². The van der Waals surface area contributed by atoms with Crippen LogP contribution in [0.25, 0.3) is 0 Å². The highest BCUT2D eigenvalue weighted by Crippen LogP contribution is 2.32. The first-order valence-corrected chi connectivity index (χ1v) is 11.3. The van der Waals surface area contributed by atoms with Crippen molar-refractivity contribution in [2.75, 3.05) is 26.7 Å². The van der Waals surface area contributed by atoms with Crippen molar-refractivity contribution in [3.05, 3.63) is 23.8 Å². The molecule has 2 fully saturated rings. The quantitative estimate of drug-likeness (QED) is 0.679. The number of carbonyl (C=O) groups excluding carboxylic acids is 1. The van der Waals surface area contributed by atoms with E-state index in [0.29, 0.717) is 36.9 Å². The fourth-order valence-corrected chi connectivity index (χ4v) is 5.18. The highest BCUT2D eigenvalue weighted by atomic mass is 32.2. The Hall–Kier alpha value is -1.60. The van der Waals surface area contributed by atoms with Crippen LogP contribution in [0.4, 0.5) is 0 Å². The Morgan fingerprint density at radius 2 is 1.93 bits per heavy atom. The van der Waals surface area contributed by atoms with E-state index in [-0.39, 0.29) is 16.8 Å². The van der Waals surface area contributed by atoms with E-state index in [1.165, 1.54) is 17.5 Å². The molecule has 0 radical (unpaired) electrons. The summed E-state index contributed by atoms with van der Waals surface area (Å²) in [6.45, 7) is 6.03. The number of methoxy groups -OCH3 is 1. The molecule has 1 aliphatic carbocycles. The van der Waals surface area contributed by atoms with Crippen molar-refractivity contribution in [1.82, 2.24) is 9.21 Å². The van der Waals surface area contributed by atoms with E-state index in [9.17, 15) is 13.2 Å². The summed E-state index contributed by atoms with van der Waals surface area (Å²) in [6.07, 6.45) is 4.73. The molecule has 1 amide bonds. The van der Waals surface area contributed by atoms with Crippen molar-refractivity contribution in [3.8, 4) is 5.75 Å². The molecule has 1 saturated heterocycles. The standard InChI is InChI=1S/C20H30N2O4S/c1-15(2)10-13-22(17-7-8-17)20(23)16-6-9-18(26-3)19(14-16)27(24,25)21-11-4-5-12-21/h6,9,14-15,17H,4-5,7-8,10-13H2,1-3H3. The Kier molecular flexibility index (Phi) is 6.11. The maximum Gasteiger partial charge on any atom is 0.254 e. The molecule has 1 heterocycles. The number of benzene rings is 1. The minimum absolute atomic E-state index is 0.0846. The molecule has 0 spiro atoms. The van der Waals surface area contributed by atoms with Crippen LogP contribution in [-0.4, -0.2) is 56.3 Å². The molecule has 1 saturated carbocycles. The zero-order valence-corrected chi connectivity index (χ0v) is 17.3. The van der Waals surface area contributed by atoms with Gasteiger partial charge < -0.3 is 9.64 Å². The van der Waals surface area contributed by atoms with Crippen molar-refractivity contribution in [1.29, 1.82) is 0 Å². The van der Waals surface area contributed by atoms with E-state index in [0.717, 1.165) is 32.1 Å². The van der Waals surface area contributed by atoms with Gasteiger partial charge in [0.25, 0.3) is 5.91 Å². The normalized spacial score (nSPS) is 18.1. The summed E-state index contributed by atoms with van der Waals surface area (Å²) >= 11 is 0. The summed E-state index contributed by atoms with van der Waals surface area (Å²) in [7, 11) is -2.20. The molecule has 1 aliphatic heterocycles. The molecule has 0 bridgehead atoms. The number of hydrogen-bond acceptors (Lipinski definition) is 4. The fourth-order valence-electron chi connectivity index (χ4n) is 3.48. The Balaban J connectivity index is 1.90. The second-order valence-corrected chi connectivity index (χ2v) is 9.80. The maximum atomic E-state index is 13.1. The fraction of sp³-hybridized carbons (Fsp3) is 0.650. The minimum Gasteiger partial charge on any atom is -0.495 e. The number of sulfonamides is 1. The average Bonchev–Trinajstić information content (AvgIpc) is 3.31. The van der Waals surface area contributed by atoms with Crippen molar-refractivity contribution in [2.24, 2.45) is 5.92 Å². The van der Waals surface area contributed by atoms with Gasteiger partial charge in [0.1, 0.15) is 10.6 Å². The lowest BCUT2D eigenvalue weighted by Gasteiger charge is -2.24. The zero-order valence-electron chi connectivity index (χ0n) is 16.5. The molecule has 1 aromatic carbocycles. The van der Waals surface area contributed by atoms with Gasteiger partial charge in [-0.3, -0.25) is 4.79 Å². The van der Waals surface area contributed by atoms with Crippen LogP contribution >= 0.6 is 0 Å². The first-order chi connectivity index (χ1) is 12.8. The third kappa shape index (κ3) is 4.46. The van der Waals surface area contributed by atoms with E-state index >= 15 is 0 Å². The van der Waals surface area contributed by atoms with Crippen LogP contribution in [0.2, 0.25) is 0 Å². The lowest BCUT2D eigenvalue weighted by atomic mass is 10.1. The van der Waals surface area contributed by atoms with E-state index in [1.807, 2.05) is 4.90 Å². The summed E-state index contributed by atoms with van der Waals surface area (Å²) < 4.78 is 32.9. The van der Waals surface area contributed by atoms with Crippen LogP contribution in [0.5, 0.6) is 5.75 Å². The molecular weight excluding hydrogens is 364 g/mol. The summed E-state index contributed by atoms with van der Waals surface area (Å²) in [6, 6.07) is 5.06. The van der Waals surface area contributed by atoms with Crippen molar-refractivity contribution < 1.29 is 17.9 Å². The van der Waals surface area contributed by atoms with Crippen LogP contribution in [0, 0.1) is 5.92 Å². The summed E-state index contributed by atoms with van der Waals surface area (Å²) in [5, 5.41) is 0. The maximum absolute atomic E-state index is 13.1. The van der Waals surface area contributed by atoms with Crippen LogP contribution < -0.4 is 4.74 Å². The summed E-state index contributed by atoms with van der Waals surface area (Å²) in [5.74, 6) is 0.721. The summed E-state index contributed by atoms with van der Waals surface area (Å²) in [5.41, 5.74) is 0.421.